The molecular weight excluding hydrogens is 366 g/mol. The maximum Gasteiger partial charge on any atom is 0.327 e. The minimum Gasteiger partial charge on any atom is -0.368 e. The van der Waals surface area contributed by atoms with Gasteiger partial charge >= 0.3 is 6.03 Å². The zero-order valence-corrected chi connectivity index (χ0v) is 17.1. The van der Waals surface area contributed by atoms with Crippen molar-refractivity contribution in [1.29, 1.82) is 0 Å². The molecule has 1 N–H and O–H groups in total. The van der Waals surface area contributed by atoms with Crippen molar-refractivity contribution in [2.24, 2.45) is 10.6 Å². The fourth-order valence-corrected chi connectivity index (χ4v) is 3.60. The van der Waals surface area contributed by atoms with Gasteiger partial charge in [0.25, 0.3) is 0 Å². The number of likely N-dealkylation sites (tertiary alicyclic amines) is 1. The van der Waals surface area contributed by atoms with Crippen molar-refractivity contribution in [3.63, 3.8) is 0 Å². The molecule has 3 rings (SSSR count). The molecule has 1 saturated heterocycles. The van der Waals surface area contributed by atoms with Crippen molar-refractivity contribution < 1.29 is 14.4 Å². The zero-order chi connectivity index (χ0) is 20.9. The Morgan fingerprint density at radius 2 is 1.66 bits per heavy atom. The lowest BCUT2D eigenvalue weighted by molar-refractivity contribution is -0.210. The lowest BCUT2D eigenvalue weighted by Crippen LogP contribution is -2.72. The Balaban J connectivity index is 1.74. The highest BCUT2D eigenvalue weighted by Crippen LogP contribution is 2.45. The van der Waals surface area contributed by atoms with Crippen LogP contribution in [0, 0.1) is 5.41 Å². The van der Waals surface area contributed by atoms with Crippen LogP contribution < -0.4 is 5.32 Å². The van der Waals surface area contributed by atoms with Crippen molar-refractivity contribution in [2.45, 2.75) is 46.4 Å². The number of benzene rings is 2. The van der Waals surface area contributed by atoms with Crippen LogP contribution in [0.5, 0.6) is 0 Å². The van der Waals surface area contributed by atoms with Crippen LogP contribution in [0.4, 0.5) is 4.79 Å². The molecule has 1 aliphatic rings. The average Bonchev–Trinajstić information content (AvgIpc) is 2.77. The summed E-state index contributed by atoms with van der Waals surface area (Å²) in [5.41, 5.74) is 1.85. The summed E-state index contributed by atoms with van der Waals surface area (Å²) in [7, 11) is 0. The average molecular weight is 393 g/mol. The summed E-state index contributed by atoms with van der Waals surface area (Å²) in [6.45, 7) is 6.05. The highest BCUT2D eigenvalue weighted by molar-refractivity contribution is 6.03. The van der Waals surface area contributed by atoms with Crippen LogP contribution in [0.1, 0.15) is 44.7 Å². The summed E-state index contributed by atoms with van der Waals surface area (Å²) in [6, 6.07) is 18.7. The molecule has 0 bridgehead atoms. The normalized spacial score (nSPS) is 18.2. The molecule has 0 saturated carbocycles. The monoisotopic (exact) mass is 393 g/mol. The SMILES string of the molecule is CCC1(CC)C(=O)N(C(=O)NCc2ccccc2)C1O/N=C(\C)c1ccccc1. The van der Waals surface area contributed by atoms with Gasteiger partial charge in [0, 0.05) is 6.54 Å². The summed E-state index contributed by atoms with van der Waals surface area (Å²) in [4.78, 5) is 32.5. The van der Waals surface area contributed by atoms with Gasteiger partial charge in [-0.15, -0.1) is 0 Å². The van der Waals surface area contributed by atoms with Crippen molar-refractivity contribution in [3.05, 3.63) is 71.8 Å². The van der Waals surface area contributed by atoms with Crippen LogP contribution in [-0.4, -0.2) is 28.8 Å². The Labute approximate surface area is 171 Å². The van der Waals surface area contributed by atoms with E-state index in [1.807, 2.05) is 81.4 Å². The summed E-state index contributed by atoms with van der Waals surface area (Å²) in [5.74, 6) is -0.217. The number of oxime groups is 1. The number of carbonyl (C=O) groups excluding carboxylic acids is 2. The number of urea groups is 1. The van der Waals surface area contributed by atoms with E-state index >= 15 is 0 Å². The van der Waals surface area contributed by atoms with Crippen molar-refractivity contribution >= 4 is 17.6 Å². The van der Waals surface area contributed by atoms with E-state index in [0.29, 0.717) is 25.1 Å². The molecule has 152 valence electrons. The van der Waals surface area contributed by atoms with E-state index in [2.05, 4.69) is 10.5 Å². The summed E-state index contributed by atoms with van der Waals surface area (Å²) in [6.07, 6.45) is 0.435. The first-order chi connectivity index (χ1) is 14.0. The molecule has 1 heterocycles. The van der Waals surface area contributed by atoms with Gasteiger partial charge in [-0.3, -0.25) is 4.79 Å². The Morgan fingerprint density at radius 1 is 1.07 bits per heavy atom. The van der Waals surface area contributed by atoms with Gasteiger partial charge in [0.2, 0.25) is 12.1 Å². The third-order valence-corrected chi connectivity index (χ3v) is 5.60. The first-order valence-corrected chi connectivity index (χ1v) is 9.94. The van der Waals surface area contributed by atoms with Crippen LogP contribution in [0.15, 0.2) is 65.8 Å². The lowest BCUT2D eigenvalue weighted by atomic mass is 9.72. The van der Waals surface area contributed by atoms with Crippen LogP contribution >= 0.6 is 0 Å². The molecular formula is C23H27N3O3. The van der Waals surface area contributed by atoms with E-state index in [4.69, 9.17) is 4.84 Å². The number of nitrogens with zero attached hydrogens (tertiary/aromatic N) is 2. The predicted molar refractivity (Wildman–Crippen MR) is 112 cm³/mol. The largest absolute Gasteiger partial charge is 0.368 e. The summed E-state index contributed by atoms with van der Waals surface area (Å²) < 4.78 is 0. The molecule has 0 aromatic heterocycles. The van der Waals surface area contributed by atoms with Gasteiger partial charge in [-0.05, 0) is 30.9 Å². The van der Waals surface area contributed by atoms with Gasteiger partial charge in [0.1, 0.15) is 5.41 Å². The number of hydrogen-bond donors (Lipinski definition) is 1. The second-order valence-electron chi connectivity index (χ2n) is 7.18. The van der Waals surface area contributed by atoms with Gasteiger partial charge in [-0.2, -0.15) is 0 Å². The molecule has 1 fully saturated rings. The highest BCUT2D eigenvalue weighted by Gasteiger charge is 2.63. The van der Waals surface area contributed by atoms with Crippen LogP contribution in [0.3, 0.4) is 0 Å². The van der Waals surface area contributed by atoms with E-state index in [1.165, 1.54) is 0 Å². The van der Waals surface area contributed by atoms with Crippen LogP contribution in [0.2, 0.25) is 0 Å². The standard InChI is InChI=1S/C23H27N3O3/c1-4-23(5-2)20(27)26(22(28)24-16-18-12-8-6-9-13-18)21(23)29-25-17(3)19-14-10-7-11-15-19/h6-15,21H,4-5,16H2,1-3H3,(H,24,28)/b25-17+. The molecule has 0 spiro atoms. The zero-order valence-electron chi connectivity index (χ0n) is 17.1. The number of hydrogen-bond acceptors (Lipinski definition) is 4. The second kappa shape index (κ2) is 8.90. The fourth-order valence-electron chi connectivity index (χ4n) is 3.60. The molecule has 6 heteroatoms. The van der Waals surface area contributed by atoms with Gasteiger partial charge < -0.3 is 10.2 Å². The number of imide groups is 1. The van der Waals surface area contributed by atoms with Crippen molar-refractivity contribution in [2.75, 3.05) is 0 Å². The first kappa shape index (κ1) is 20.6. The topological polar surface area (TPSA) is 71.0 Å². The second-order valence-corrected chi connectivity index (χ2v) is 7.18. The molecule has 0 aliphatic carbocycles. The smallest absolute Gasteiger partial charge is 0.327 e. The van der Waals surface area contributed by atoms with E-state index in [-0.39, 0.29) is 5.91 Å². The quantitative estimate of drug-likeness (QED) is 0.433. The van der Waals surface area contributed by atoms with Crippen molar-refractivity contribution in [3.8, 4) is 0 Å². The van der Waals surface area contributed by atoms with E-state index < -0.39 is 17.7 Å². The fraction of sp³-hybridized carbons (Fsp3) is 0.348. The minimum atomic E-state index is -0.732. The van der Waals surface area contributed by atoms with E-state index in [1.54, 1.807) is 0 Å². The summed E-state index contributed by atoms with van der Waals surface area (Å²) >= 11 is 0. The molecule has 1 aliphatic heterocycles. The van der Waals surface area contributed by atoms with E-state index in [9.17, 15) is 9.59 Å². The highest BCUT2D eigenvalue weighted by atomic mass is 16.7. The van der Waals surface area contributed by atoms with Gasteiger partial charge in [-0.1, -0.05) is 79.7 Å². The number of amides is 3. The van der Waals surface area contributed by atoms with Crippen LogP contribution in [0.25, 0.3) is 0 Å². The molecule has 0 radical (unpaired) electrons. The molecule has 29 heavy (non-hydrogen) atoms. The van der Waals surface area contributed by atoms with E-state index in [0.717, 1.165) is 16.0 Å². The Morgan fingerprint density at radius 3 is 2.24 bits per heavy atom. The third-order valence-electron chi connectivity index (χ3n) is 5.60. The van der Waals surface area contributed by atoms with Crippen molar-refractivity contribution in [1.82, 2.24) is 10.2 Å². The Kier molecular flexibility index (Phi) is 6.32. The lowest BCUT2D eigenvalue weighted by Gasteiger charge is -2.51. The molecule has 2 aromatic carbocycles. The maximum absolute atomic E-state index is 12.9. The molecule has 1 atom stereocenters. The van der Waals surface area contributed by atoms with Crippen LogP contribution in [-0.2, 0) is 16.2 Å². The molecule has 1 unspecified atom stereocenters. The predicted octanol–water partition coefficient (Wildman–Crippen LogP) is 4.31. The maximum atomic E-state index is 12.9. The van der Waals surface area contributed by atoms with Gasteiger partial charge in [0.05, 0.1) is 5.71 Å². The molecule has 6 nitrogen and oxygen atoms in total. The van der Waals surface area contributed by atoms with Gasteiger partial charge in [-0.25, -0.2) is 9.69 Å². The Bertz CT molecular complexity index is 877. The summed E-state index contributed by atoms with van der Waals surface area (Å²) in [5, 5.41) is 7.04. The third kappa shape index (κ3) is 4.01. The Hall–Kier alpha value is -3.15. The van der Waals surface area contributed by atoms with Gasteiger partial charge in [0.15, 0.2) is 0 Å². The molecule has 3 amide bonds. The minimum absolute atomic E-state index is 0.217. The first-order valence-electron chi connectivity index (χ1n) is 9.94. The number of β-lactam (4-membered cyclic amide) rings is 1. The number of nitrogens with one attached hydrogen (secondary N) is 1. The molecule has 2 aromatic rings. The number of rotatable bonds is 7. The number of carbonyl (C=O) groups is 2.